The molecule has 1 nitrogen and oxygen atoms in total. The molecule has 1 heteroatoms. The fourth-order valence-corrected chi connectivity index (χ4v) is 4.22. The first-order valence-electron chi connectivity index (χ1n) is 14.6. The lowest BCUT2D eigenvalue weighted by Gasteiger charge is -2.01. The zero-order valence-corrected chi connectivity index (χ0v) is 21.9. The summed E-state index contributed by atoms with van der Waals surface area (Å²) in [7, 11) is 0. The number of unbranched alkanes of at least 4 members (excludes halogenated alkanes) is 21. The Hall–Kier alpha value is -0.300. The molecule has 0 aromatic rings. The highest BCUT2D eigenvalue weighted by molar-refractivity contribution is 4.68. The van der Waals surface area contributed by atoms with Gasteiger partial charge in [-0.05, 0) is 19.3 Å². The van der Waals surface area contributed by atoms with Crippen LogP contribution < -0.4 is 0 Å². The first kappa shape index (κ1) is 33.9. The summed E-state index contributed by atoms with van der Waals surface area (Å²) in [5, 5.41) is 0. The van der Waals surface area contributed by atoms with Crippen molar-refractivity contribution in [1.82, 2.24) is 0 Å². The summed E-state index contributed by atoms with van der Waals surface area (Å²) in [5.74, 6) is 0. The zero-order chi connectivity index (χ0) is 22.7. The van der Waals surface area contributed by atoms with Gasteiger partial charge >= 0.3 is 0 Å². The third kappa shape index (κ3) is 31.9. The van der Waals surface area contributed by atoms with Crippen molar-refractivity contribution in [3.05, 3.63) is 12.7 Å². The number of hydrogen-bond acceptors (Lipinski definition) is 1. The average molecular weight is 453 g/mol. The summed E-state index contributed by atoms with van der Waals surface area (Å²) < 4.78 is 5.20. The summed E-state index contributed by atoms with van der Waals surface area (Å²) in [6.07, 6.45) is 36.8. The van der Waals surface area contributed by atoms with Gasteiger partial charge in [0.15, 0.2) is 0 Å². The molecular weight excluding hydrogens is 388 g/mol. The van der Waals surface area contributed by atoms with Crippen LogP contribution in [0, 0.1) is 0 Å². The smallest absolute Gasteiger partial charge is 0.0810 e. The van der Waals surface area contributed by atoms with E-state index in [9.17, 15) is 0 Å². The summed E-state index contributed by atoms with van der Waals surface area (Å²) in [4.78, 5) is 0. The van der Waals surface area contributed by atoms with Crippen molar-refractivity contribution in [2.24, 2.45) is 0 Å². The minimum Gasteiger partial charge on any atom is -0.373 e. The molecule has 0 bridgehead atoms. The monoisotopic (exact) mass is 452 g/mol. The van der Waals surface area contributed by atoms with Crippen LogP contribution in [0.2, 0.25) is 0 Å². The molecule has 1 atom stereocenters. The van der Waals surface area contributed by atoms with Crippen molar-refractivity contribution in [2.75, 3.05) is 6.61 Å². The van der Waals surface area contributed by atoms with Crippen LogP contribution in [0.3, 0.4) is 0 Å². The van der Waals surface area contributed by atoms with Gasteiger partial charge in [-0.3, -0.25) is 0 Å². The Morgan fingerprint density at radius 2 is 0.875 bits per heavy atom. The van der Waals surface area contributed by atoms with Gasteiger partial charge in [0.2, 0.25) is 0 Å². The average Bonchev–Trinajstić information content (AvgIpc) is 3.61. The second-order valence-corrected chi connectivity index (χ2v) is 9.89. The minimum absolute atomic E-state index is 0. The molecule has 194 valence electrons. The maximum atomic E-state index is 5.20. The van der Waals surface area contributed by atoms with Crippen molar-refractivity contribution >= 4 is 0 Å². The van der Waals surface area contributed by atoms with E-state index in [2.05, 4.69) is 20.4 Å². The maximum Gasteiger partial charge on any atom is 0.0810 e. The number of hydrogen-bond donors (Lipinski definition) is 0. The Kier molecular flexibility index (Phi) is 32.5. The third-order valence-corrected chi connectivity index (χ3v) is 6.54. The topological polar surface area (TPSA) is 12.5 Å². The van der Waals surface area contributed by atoms with E-state index in [-0.39, 0.29) is 7.43 Å². The van der Waals surface area contributed by atoms with E-state index in [1.54, 1.807) is 0 Å². The molecule has 1 aliphatic heterocycles. The molecule has 0 aromatic carbocycles. The van der Waals surface area contributed by atoms with Crippen molar-refractivity contribution in [3.8, 4) is 0 Å². The normalized spacial score (nSPS) is 14.4. The second-order valence-electron chi connectivity index (χ2n) is 9.89. The van der Waals surface area contributed by atoms with E-state index in [0.717, 1.165) is 6.61 Å². The number of epoxide rings is 1. The zero-order valence-electron chi connectivity index (χ0n) is 21.9. The van der Waals surface area contributed by atoms with Gasteiger partial charge in [0.1, 0.15) is 0 Å². The quantitative estimate of drug-likeness (QED) is 0.0805. The predicted octanol–water partition coefficient (Wildman–Crippen LogP) is 11.6. The van der Waals surface area contributed by atoms with E-state index in [1.807, 2.05) is 6.08 Å². The summed E-state index contributed by atoms with van der Waals surface area (Å²) >= 11 is 0. The lowest BCUT2D eigenvalue weighted by atomic mass is 10.0. The molecular formula is C31H64O. The molecule has 1 fully saturated rings. The molecule has 0 spiro atoms. The first-order chi connectivity index (χ1) is 15.3. The lowest BCUT2D eigenvalue weighted by molar-refractivity contribution is 0.387. The van der Waals surface area contributed by atoms with Crippen LogP contribution in [0.5, 0.6) is 0 Å². The van der Waals surface area contributed by atoms with E-state index in [4.69, 9.17) is 4.74 Å². The molecule has 1 rings (SSSR count). The number of rotatable bonds is 24. The molecule has 1 heterocycles. The lowest BCUT2D eigenvalue weighted by Crippen LogP contribution is -1.86. The van der Waals surface area contributed by atoms with Crippen molar-refractivity contribution in [1.29, 1.82) is 0 Å². The van der Waals surface area contributed by atoms with E-state index < -0.39 is 0 Å². The Balaban J connectivity index is 0. The van der Waals surface area contributed by atoms with Gasteiger partial charge in [-0.15, -0.1) is 6.58 Å². The van der Waals surface area contributed by atoms with E-state index in [0.29, 0.717) is 6.10 Å². The summed E-state index contributed by atoms with van der Waals surface area (Å²) in [6.45, 7) is 9.35. The summed E-state index contributed by atoms with van der Waals surface area (Å²) in [5.41, 5.74) is 0. The fourth-order valence-electron chi connectivity index (χ4n) is 4.22. The molecule has 0 N–H and O–H groups in total. The maximum absolute atomic E-state index is 5.20. The molecule has 0 radical (unpaired) electrons. The van der Waals surface area contributed by atoms with Gasteiger partial charge < -0.3 is 4.74 Å². The Morgan fingerprint density at radius 1 is 0.562 bits per heavy atom. The number of allylic oxidation sites excluding steroid dienone is 1. The van der Waals surface area contributed by atoms with Crippen LogP contribution in [0.25, 0.3) is 0 Å². The number of ether oxygens (including phenoxy) is 1. The highest BCUT2D eigenvalue weighted by Gasteiger charge is 2.20. The third-order valence-electron chi connectivity index (χ3n) is 6.54. The van der Waals surface area contributed by atoms with Crippen LogP contribution in [0.1, 0.15) is 175 Å². The highest BCUT2D eigenvalue weighted by atomic mass is 16.6. The molecule has 0 aromatic heterocycles. The van der Waals surface area contributed by atoms with Crippen LogP contribution in [0.4, 0.5) is 0 Å². The van der Waals surface area contributed by atoms with Crippen LogP contribution in [0.15, 0.2) is 12.7 Å². The molecule has 1 saturated heterocycles. The SMILES string of the molecule is C.C=CCCCCCCCCCCCCC.CCCCCCCCCCCCCC1CO1. The van der Waals surface area contributed by atoms with Gasteiger partial charge in [-0.1, -0.05) is 162 Å². The van der Waals surface area contributed by atoms with Gasteiger partial charge in [-0.2, -0.15) is 0 Å². The van der Waals surface area contributed by atoms with E-state index >= 15 is 0 Å². The molecule has 0 amide bonds. The molecule has 0 aliphatic carbocycles. The fraction of sp³-hybridized carbons (Fsp3) is 0.935. The van der Waals surface area contributed by atoms with Gasteiger partial charge in [0, 0.05) is 0 Å². The van der Waals surface area contributed by atoms with Crippen LogP contribution in [-0.2, 0) is 4.74 Å². The van der Waals surface area contributed by atoms with Crippen LogP contribution >= 0.6 is 0 Å². The molecule has 1 unspecified atom stereocenters. The second kappa shape index (κ2) is 30.7. The van der Waals surface area contributed by atoms with Gasteiger partial charge in [-0.25, -0.2) is 0 Å². The van der Waals surface area contributed by atoms with Crippen molar-refractivity contribution < 1.29 is 4.74 Å². The molecule has 32 heavy (non-hydrogen) atoms. The largest absolute Gasteiger partial charge is 0.373 e. The van der Waals surface area contributed by atoms with Crippen LogP contribution in [-0.4, -0.2) is 12.7 Å². The Labute approximate surface area is 205 Å². The Morgan fingerprint density at radius 3 is 1.19 bits per heavy atom. The van der Waals surface area contributed by atoms with Gasteiger partial charge in [0.05, 0.1) is 12.7 Å². The molecule has 1 aliphatic rings. The first-order valence-corrected chi connectivity index (χ1v) is 14.6. The Bertz CT molecular complexity index is 320. The van der Waals surface area contributed by atoms with E-state index in [1.165, 1.54) is 154 Å². The predicted molar refractivity (Wildman–Crippen MR) is 149 cm³/mol. The standard InChI is InChI=1S/C15H30O.C15H30.CH4/c1-2-3-4-5-6-7-8-9-10-11-12-13-15-14-16-15;1-3-5-7-9-11-13-15-14-12-10-8-6-4-2;/h15H,2-14H2,1H3;3H,1,4-15H2,2H3;1H4. The van der Waals surface area contributed by atoms with Crippen molar-refractivity contribution in [2.45, 2.75) is 181 Å². The minimum atomic E-state index is 0. The summed E-state index contributed by atoms with van der Waals surface area (Å²) in [6, 6.07) is 0. The highest BCUT2D eigenvalue weighted by Crippen LogP contribution is 2.18. The van der Waals surface area contributed by atoms with Gasteiger partial charge in [0.25, 0.3) is 0 Å². The van der Waals surface area contributed by atoms with Crippen molar-refractivity contribution in [3.63, 3.8) is 0 Å². The molecule has 0 saturated carbocycles.